The van der Waals surface area contributed by atoms with Gasteiger partial charge in [-0.25, -0.2) is 0 Å². The number of ether oxygens (including phenoxy) is 1. The molecule has 0 spiro atoms. The molecule has 0 radical (unpaired) electrons. The first-order chi connectivity index (χ1) is 8.69. The molecule has 1 saturated carbocycles. The van der Waals surface area contributed by atoms with Crippen molar-refractivity contribution in [2.24, 2.45) is 5.73 Å². The van der Waals surface area contributed by atoms with Crippen molar-refractivity contribution in [2.45, 2.75) is 63.5 Å². The number of hydrogen-bond acceptors (Lipinski definition) is 3. The molecule has 0 aromatic heterocycles. The number of carbonyl (C=O) groups is 1. The molecule has 0 bridgehead atoms. The standard InChI is InChI=1S/C14H28N2O2/c1-16(14(17)10-13(11-15)18-2)12-8-6-4-3-5-7-9-12/h12-13H,3-11,15H2,1-2H3. The Labute approximate surface area is 111 Å². The smallest absolute Gasteiger partial charge is 0.225 e. The van der Waals surface area contributed by atoms with E-state index in [4.69, 9.17) is 10.5 Å². The SMILES string of the molecule is COC(CN)CC(=O)N(C)C1CCCCCCC1. The van der Waals surface area contributed by atoms with Crippen molar-refractivity contribution >= 4 is 5.91 Å². The van der Waals surface area contributed by atoms with Gasteiger partial charge in [0.2, 0.25) is 5.91 Å². The van der Waals surface area contributed by atoms with Crippen molar-refractivity contribution in [1.29, 1.82) is 0 Å². The van der Waals surface area contributed by atoms with Crippen molar-refractivity contribution in [3.8, 4) is 0 Å². The summed E-state index contributed by atoms with van der Waals surface area (Å²) < 4.78 is 5.18. The Bertz CT molecular complexity index is 234. The maximum absolute atomic E-state index is 12.2. The Morgan fingerprint density at radius 3 is 2.33 bits per heavy atom. The highest BCUT2D eigenvalue weighted by Gasteiger charge is 2.22. The number of methoxy groups -OCH3 is 1. The van der Waals surface area contributed by atoms with E-state index in [2.05, 4.69) is 0 Å². The Hall–Kier alpha value is -0.610. The minimum Gasteiger partial charge on any atom is -0.380 e. The predicted octanol–water partition coefficient (Wildman–Crippen LogP) is 1.92. The van der Waals surface area contributed by atoms with E-state index in [1.165, 1.54) is 32.1 Å². The van der Waals surface area contributed by atoms with E-state index in [0.29, 0.717) is 19.0 Å². The lowest BCUT2D eigenvalue weighted by molar-refractivity contribution is -0.134. The Morgan fingerprint density at radius 2 is 1.83 bits per heavy atom. The number of hydrogen-bond donors (Lipinski definition) is 1. The molecule has 0 saturated heterocycles. The first-order valence-corrected chi connectivity index (χ1v) is 7.17. The second kappa shape index (κ2) is 8.48. The fourth-order valence-corrected chi connectivity index (χ4v) is 2.63. The third kappa shape index (κ3) is 4.94. The molecule has 0 aliphatic heterocycles. The molecule has 0 aromatic carbocycles. The third-order valence-corrected chi connectivity index (χ3v) is 4.01. The van der Waals surface area contributed by atoms with Crippen LogP contribution in [-0.2, 0) is 9.53 Å². The van der Waals surface area contributed by atoms with Gasteiger partial charge >= 0.3 is 0 Å². The summed E-state index contributed by atoms with van der Waals surface area (Å²) in [6.07, 6.45) is 8.99. The van der Waals surface area contributed by atoms with Gasteiger partial charge in [-0.1, -0.05) is 32.1 Å². The summed E-state index contributed by atoms with van der Waals surface area (Å²) in [6, 6.07) is 0.410. The summed E-state index contributed by atoms with van der Waals surface area (Å²) in [5.41, 5.74) is 5.56. The van der Waals surface area contributed by atoms with Crippen LogP contribution >= 0.6 is 0 Å². The Balaban J connectivity index is 2.44. The fourth-order valence-electron chi connectivity index (χ4n) is 2.63. The van der Waals surface area contributed by atoms with Gasteiger partial charge in [-0.05, 0) is 12.8 Å². The second-order valence-corrected chi connectivity index (χ2v) is 5.30. The zero-order chi connectivity index (χ0) is 13.4. The van der Waals surface area contributed by atoms with Gasteiger partial charge < -0.3 is 15.4 Å². The molecule has 0 heterocycles. The van der Waals surface area contributed by atoms with Gasteiger partial charge in [0.25, 0.3) is 0 Å². The van der Waals surface area contributed by atoms with Crippen LogP contribution in [0.5, 0.6) is 0 Å². The van der Waals surface area contributed by atoms with Crippen LogP contribution in [0.4, 0.5) is 0 Å². The molecule has 1 atom stereocenters. The largest absolute Gasteiger partial charge is 0.380 e. The zero-order valence-corrected chi connectivity index (χ0v) is 11.9. The van der Waals surface area contributed by atoms with Gasteiger partial charge in [0.1, 0.15) is 0 Å². The number of carbonyl (C=O) groups excluding carboxylic acids is 1. The van der Waals surface area contributed by atoms with Crippen molar-refractivity contribution in [1.82, 2.24) is 4.90 Å². The highest BCUT2D eigenvalue weighted by molar-refractivity contribution is 5.76. The number of nitrogens with two attached hydrogens (primary N) is 1. The fraction of sp³-hybridized carbons (Fsp3) is 0.929. The van der Waals surface area contributed by atoms with Crippen LogP contribution < -0.4 is 5.73 Å². The van der Waals surface area contributed by atoms with Gasteiger partial charge in [-0.2, -0.15) is 0 Å². The van der Waals surface area contributed by atoms with E-state index < -0.39 is 0 Å². The van der Waals surface area contributed by atoms with Crippen molar-refractivity contribution in [3.05, 3.63) is 0 Å². The molecule has 1 amide bonds. The van der Waals surface area contributed by atoms with E-state index in [1.807, 2.05) is 11.9 Å². The minimum atomic E-state index is -0.145. The average Bonchev–Trinajstić information content (AvgIpc) is 2.34. The lowest BCUT2D eigenvalue weighted by Gasteiger charge is -2.30. The van der Waals surface area contributed by atoms with E-state index in [0.717, 1.165) is 12.8 Å². The molecule has 4 nitrogen and oxygen atoms in total. The molecule has 1 aliphatic carbocycles. The lowest BCUT2D eigenvalue weighted by atomic mass is 9.95. The van der Waals surface area contributed by atoms with Crippen LogP contribution in [0, 0.1) is 0 Å². The van der Waals surface area contributed by atoms with E-state index >= 15 is 0 Å². The molecule has 1 rings (SSSR count). The maximum Gasteiger partial charge on any atom is 0.225 e. The van der Waals surface area contributed by atoms with Gasteiger partial charge in [-0.3, -0.25) is 4.79 Å². The van der Waals surface area contributed by atoms with Crippen LogP contribution in [0.2, 0.25) is 0 Å². The maximum atomic E-state index is 12.2. The van der Waals surface area contributed by atoms with Crippen LogP contribution in [0.25, 0.3) is 0 Å². The molecule has 1 fully saturated rings. The van der Waals surface area contributed by atoms with Crippen molar-refractivity contribution in [3.63, 3.8) is 0 Å². The quantitative estimate of drug-likeness (QED) is 0.817. The lowest BCUT2D eigenvalue weighted by Crippen LogP contribution is -2.40. The molecular weight excluding hydrogens is 228 g/mol. The number of rotatable bonds is 5. The van der Waals surface area contributed by atoms with Crippen LogP contribution in [0.15, 0.2) is 0 Å². The summed E-state index contributed by atoms with van der Waals surface area (Å²) in [6.45, 7) is 0.404. The van der Waals surface area contributed by atoms with E-state index in [1.54, 1.807) is 7.11 Å². The van der Waals surface area contributed by atoms with Gasteiger partial charge in [-0.15, -0.1) is 0 Å². The first kappa shape index (κ1) is 15.4. The Morgan fingerprint density at radius 1 is 1.28 bits per heavy atom. The highest BCUT2D eigenvalue weighted by Crippen LogP contribution is 2.21. The topological polar surface area (TPSA) is 55.6 Å². The molecule has 1 unspecified atom stereocenters. The molecule has 0 aromatic rings. The van der Waals surface area contributed by atoms with E-state index in [-0.39, 0.29) is 12.0 Å². The van der Waals surface area contributed by atoms with Gasteiger partial charge in [0.15, 0.2) is 0 Å². The minimum absolute atomic E-state index is 0.145. The Kier molecular flexibility index (Phi) is 7.28. The zero-order valence-electron chi connectivity index (χ0n) is 11.9. The van der Waals surface area contributed by atoms with Crippen molar-refractivity contribution in [2.75, 3.05) is 20.7 Å². The summed E-state index contributed by atoms with van der Waals surface area (Å²) in [5, 5.41) is 0. The molecule has 18 heavy (non-hydrogen) atoms. The van der Waals surface area contributed by atoms with Crippen molar-refractivity contribution < 1.29 is 9.53 Å². The summed E-state index contributed by atoms with van der Waals surface area (Å²) in [5.74, 6) is 0.165. The summed E-state index contributed by atoms with van der Waals surface area (Å²) in [4.78, 5) is 14.1. The van der Waals surface area contributed by atoms with Crippen LogP contribution in [0.1, 0.15) is 51.4 Å². The van der Waals surface area contributed by atoms with Gasteiger partial charge in [0.05, 0.1) is 12.5 Å². The van der Waals surface area contributed by atoms with Crippen LogP contribution in [-0.4, -0.2) is 43.7 Å². The van der Waals surface area contributed by atoms with Crippen LogP contribution in [0.3, 0.4) is 0 Å². The summed E-state index contributed by atoms with van der Waals surface area (Å²) >= 11 is 0. The normalized spacial score (nSPS) is 19.9. The molecule has 106 valence electrons. The molecule has 2 N–H and O–H groups in total. The van der Waals surface area contributed by atoms with E-state index in [9.17, 15) is 4.79 Å². The second-order valence-electron chi connectivity index (χ2n) is 5.30. The first-order valence-electron chi connectivity index (χ1n) is 7.17. The average molecular weight is 256 g/mol. The summed E-state index contributed by atoms with van der Waals surface area (Å²) in [7, 11) is 3.54. The number of nitrogens with zero attached hydrogens (tertiary/aromatic N) is 1. The molecular formula is C14H28N2O2. The monoisotopic (exact) mass is 256 g/mol. The molecule has 4 heteroatoms. The molecule has 1 aliphatic rings. The predicted molar refractivity (Wildman–Crippen MR) is 73.3 cm³/mol. The number of amides is 1. The van der Waals surface area contributed by atoms with Gasteiger partial charge in [0, 0.05) is 26.7 Å². The third-order valence-electron chi connectivity index (χ3n) is 4.01. The highest BCUT2D eigenvalue weighted by atomic mass is 16.5.